The molecule has 0 amide bonds. The molecule has 2 fully saturated rings. The van der Waals surface area contributed by atoms with Crippen LogP contribution in [0.5, 0.6) is 0 Å². The summed E-state index contributed by atoms with van der Waals surface area (Å²) in [5.74, 6) is 0. The summed E-state index contributed by atoms with van der Waals surface area (Å²) in [7, 11) is 0. The van der Waals surface area contributed by atoms with Crippen LogP contribution in [0.4, 0.5) is 0 Å². The van der Waals surface area contributed by atoms with Crippen molar-refractivity contribution in [3.63, 3.8) is 0 Å². The summed E-state index contributed by atoms with van der Waals surface area (Å²) < 4.78 is 0. The van der Waals surface area contributed by atoms with Crippen molar-refractivity contribution in [2.45, 2.75) is 90.8 Å². The number of nitrogens with one attached hydrogen (secondary N) is 1. The van der Waals surface area contributed by atoms with Gasteiger partial charge in [0.05, 0.1) is 0 Å². The average molecular weight is 266 g/mol. The van der Waals surface area contributed by atoms with Crippen LogP contribution in [0.1, 0.15) is 73.1 Å². The second-order valence-corrected chi connectivity index (χ2v) is 8.54. The molecule has 0 aromatic heterocycles. The molecule has 1 saturated heterocycles. The Hall–Kier alpha value is -0.0800. The van der Waals surface area contributed by atoms with E-state index in [-0.39, 0.29) is 0 Å². The lowest BCUT2D eigenvalue weighted by Gasteiger charge is -2.43. The molecule has 112 valence electrons. The van der Waals surface area contributed by atoms with Crippen LogP contribution in [0.3, 0.4) is 0 Å². The molecule has 0 unspecified atom stereocenters. The van der Waals surface area contributed by atoms with Gasteiger partial charge in [0.2, 0.25) is 0 Å². The molecule has 2 aliphatic rings. The zero-order valence-electron chi connectivity index (χ0n) is 13.8. The van der Waals surface area contributed by atoms with E-state index < -0.39 is 0 Å². The molecule has 1 N–H and O–H groups in total. The Morgan fingerprint density at radius 1 is 0.895 bits per heavy atom. The smallest absolute Gasteiger partial charge is 0.0125 e. The van der Waals surface area contributed by atoms with Crippen LogP contribution in [0.25, 0.3) is 0 Å². The number of nitrogens with zero attached hydrogens (tertiary/aromatic N) is 1. The zero-order chi connectivity index (χ0) is 14.1. The van der Waals surface area contributed by atoms with Crippen LogP contribution in [0.2, 0.25) is 0 Å². The molecule has 1 aliphatic carbocycles. The van der Waals surface area contributed by atoms with Gasteiger partial charge < -0.3 is 5.32 Å². The summed E-state index contributed by atoms with van der Waals surface area (Å²) in [5, 5.41) is 3.94. The monoisotopic (exact) mass is 266 g/mol. The fraction of sp³-hybridized carbons (Fsp3) is 1.00. The minimum absolute atomic E-state index is 0.347. The summed E-state index contributed by atoms with van der Waals surface area (Å²) in [5.41, 5.74) is 0.938. The third kappa shape index (κ3) is 4.46. The Balaban J connectivity index is 1.72. The van der Waals surface area contributed by atoms with Gasteiger partial charge in [-0.15, -0.1) is 0 Å². The van der Waals surface area contributed by atoms with E-state index in [1.165, 1.54) is 51.6 Å². The molecule has 0 atom stereocenters. The van der Waals surface area contributed by atoms with Crippen molar-refractivity contribution in [3.05, 3.63) is 0 Å². The van der Waals surface area contributed by atoms with Crippen molar-refractivity contribution in [2.75, 3.05) is 13.1 Å². The van der Waals surface area contributed by atoms with Crippen molar-refractivity contribution in [3.8, 4) is 0 Å². The summed E-state index contributed by atoms with van der Waals surface area (Å²) >= 11 is 0. The van der Waals surface area contributed by atoms with E-state index in [1.807, 2.05) is 0 Å². The van der Waals surface area contributed by atoms with E-state index in [9.17, 15) is 0 Å². The maximum absolute atomic E-state index is 3.94. The van der Waals surface area contributed by atoms with E-state index in [1.54, 1.807) is 0 Å². The van der Waals surface area contributed by atoms with Gasteiger partial charge in [0.15, 0.2) is 0 Å². The number of piperidine rings is 1. The number of rotatable bonds is 2. The maximum Gasteiger partial charge on any atom is 0.0125 e. The second-order valence-electron chi connectivity index (χ2n) is 8.54. The summed E-state index contributed by atoms with van der Waals surface area (Å²) in [4.78, 5) is 2.63. The lowest BCUT2D eigenvalue weighted by atomic mass is 9.75. The zero-order valence-corrected chi connectivity index (χ0v) is 13.8. The normalized spacial score (nSPS) is 27.6. The Morgan fingerprint density at radius 3 is 1.84 bits per heavy atom. The standard InChI is InChI=1S/C17H34N2/c1-16(2,3)19-12-8-15(9-13-19)18-14-6-10-17(4,5)11-7-14/h14-15,18H,6-13H2,1-5H3. The van der Waals surface area contributed by atoms with Gasteiger partial charge in [0.1, 0.15) is 0 Å². The van der Waals surface area contributed by atoms with Crippen LogP contribution in [0.15, 0.2) is 0 Å². The molecule has 2 heteroatoms. The Labute approximate surface area is 120 Å². The van der Waals surface area contributed by atoms with E-state index in [4.69, 9.17) is 0 Å². The molecule has 0 aromatic carbocycles. The topological polar surface area (TPSA) is 15.3 Å². The molecule has 0 spiro atoms. The molecule has 1 aliphatic heterocycles. The molecule has 0 bridgehead atoms. The van der Waals surface area contributed by atoms with Crippen LogP contribution in [-0.2, 0) is 0 Å². The predicted molar refractivity (Wildman–Crippen MR) is 83.5 cm³/mol. The number of likely N-dealkylation sites (tertiary alicyclic amines) is 1. The second kappa shape index (κ2) is 5.73. The van der Waals surface area contributed by atoms with E-state index in [0.717, 1.165) is 12.1 Å². The van der Waals surface area contributed by atoms with Crippen molar-refractivity contribution in [1.29, 1.82) is 0 Å². The third-order valence-electron chi connectivity index (χ3n) is 5.25. The van der Waals surface area contributed by atoms with Crippen LogP contribution < -0.4 is 5.32 Å². The highest BCUT2D eigenvalue weighted by Crippen LogP contribution is 2.35. The van der Waals surface area contributed by atoms with Gasteiger partial charge in [-0.2, -0.15) is 0 Å². The lowest BCUT2D eigenvalue weighted by molar-refractivity contribution is 0.0892. The molecular weight excluding hydrogens is 232 g/mol. The van der Waals surface area contributed by atoms with E-state index in [0.29, 0.717) is 11.0 Å². The summed E-state index contributed by atoms with van der Waals surface area (Å²) in [6, 6.07) is 1.56. The van der Waals surface area contributed by atoms with Crippen molar-refractivity contribution in [1.82, 2.24) is 10.2 Å². The molecule has 0 aromatic rings. The van der Waals surface area contributed by atoms with Crippen LogP contribution in [0, 0.1) is 5.41 Å². The highest BCUT2D eigenvalue weighted by molar-refractivity contribution is 4.88. The first-order valence-electron chi connectivity index (χ1n) is 8.27. The maximum atomic E-state index is 3.94. The number of hydrogen-bond acceptors (Lipinski definition) is 2. The van der Waals surface area contributed by atoms with Crippen molar-refractivity contribution in [2.24, 2.45) is 5.41 Å². The molecule has 0 radical (unpaired) electrons. The molecular formula is C17H34N2. The highest BCUT2D eigenvalue weighted by atomic mass is 15.2. The Kier molecular flexibility index (Phi) is 4.62. The number of hydrogen-bond donors (Lipinski definition) is 1. The van der Waals surface area contributed by atoms with Gasteiger partial charge in [-0.25, -0.2) is 0 Å². The molecule has 1 heterocycles. The first-order valence-corrected chi connectivity index (χ1v) is 8.27. The van der Waals surface area contributed by atoms with Crippen LogP contribution in [-0.4, -0.2) is 35.6 Å². The third-order valence-corrected chi connectivity index (χ3v) is 5.25. The SMILES string of the molecule is CC1(C)CCC(NC2CCN(C(C)(C)C)CC2)CC1. The first-order chi connectivity index (χ1) is 8.76. The van der Waals surface area contributed by atoms with Crippen molar-refractivity contribution < 1.29 is 0 Å². The van der Waals surface area contributed by atoms with E-state index >= 15 is 0 Å². The molecule has 1 saturated carbocycles. The van der Waals surface area contributed by atoms with Gasteiger partial charge in [-0.3, -0.25) is 4.90 Å². The fourth-order valence-corrected chi connectivity index (χ4v) is 3.62. The van der Waals surface area contributed by atoms with Crippen molar-refractivity contribution >= 4 is 0 Å². The minimum atomic E-state index is 0.347. The Bertz CT molecular complexity index is 272. The quantitative estimate of drug-likeness (QED) is 0.817. The van der Waals surface area contributed by atoms with Gasteiger partial charge >= 0.3 is 0 Å². The molecule has 2 nitrogen and oxygen atoms in total. The minimum Gasteiger partial charge on any atom is -0.311 e. The average Bonchev–Trinajstić information content (AvgIpc) is 2.31. The fourth-order valence-electron chi connectivity index (χ4n) is 3.62. The van der Waals surface area contributed by atoms with Crippen LogP contribution >= 0.6 is 0 Å². The van der Waals surface area contributed by atoms with Gasteiger partial charge in [0, 0.05) is 30.7 Å². The molecule has 19 heavy (non-hydrogen) atoms. The lowest BCUT2D eigenvalue weighted by Crippen LogP contribution is -2.52. The summed E-state index contributed by atoms with van der Waals surface area (Å²) in [6.07, 6.45) is 8.21. The highest BCUT2D eigenvalue weighted by Gasteiger charge is 2.30. The van der Waals surface area contributed by atoms with E-state index in [2.05, 4.69) is 44.8 Å². The van der Waals surface area contributed by atoms with Gasteiger partial charge in [0.25, 0.3) is 0 Å². The largest absolute Gasteiger partial charge is 0.311 e. The van der Waals surface area contributed by atoms with Gasteiger partial charge in [-0.1, -0.05) is 13.8 Å². The van der Waals surface area contributed by atoms with Gasteiger partial charge in [-0.05, 0) is 64.7 Å². The Morgan fingerprint density at radius 2 is 1.37 bits per heavy atom. The molecule has 2 rings (SSSR count). The summed E-state index contributed by atoms with van der Waals surface area (Å²) in [6.45, 7) is 14.4. The first kappa shape index (κ1) is 15.3. The predicted octanol–water partition coefficient (Wildman–Crippen LogP) is 3.81.